The number of hydrogen-bond acceptors (Lipinski definition) is 5. The van der Waals surface area contributed by atoms with Crippen LogP contribution in [0.3, 0.4) is 0 Å². The van der Waals surface area contributed by atoms with E-state index in [9.17, 15) is 8.42 Å². The molecule has 3 rings (SSSR count). The third-order valence-electron chi connectivity index (χ3n) is 4.89. The molecule has 1 aliphatic heterocycles. The van der Waals surface area contributed by atoms with Gasteiger partial charge in [0.2, 0.25) is 0 Å². The predicted molar refractivity (Wildman–Crippen MR) is 107 cm³/mol. The molecule has 1 saturated heterocycles. The highest BCUT2D eigenvalue weighted by atomic mass is 35.5. The molecule has 0 amide bonds. The first-order valence-corrected chi connectivity index (χ1v) is 11.0. The molecule has 1 unspecified atom stereocenters. The maximum absolute atomic E-state index is 12.0. The highest BCUT2D eigenvalue weighted by Gasteiger charge is 2.32. The average molecular weight is 410 g/mol. The fraction of sp³-hybridized carbons (Fsp3) is 0.400. The minimum atomic E-state index is -2.98. The lowest BCUT2D eigenvalue weighted by atomic mass is 10.1. The summed E-state index contributed by atoms with van der Waals surface area (Å²) >= 11 is 6.17. The number of rotatable bonds is 7. The first-order valence-electron chi connectivity index (χ1n) is 8.80. The summed E-state index contributed by atoms with van der Waals surface area (Å²) in [6.07, 6.45) is 0.640. The molecule has 146 valence electrons. The van der Waals surface area contributed by atoms with E-state index in [0.29, 0.717) is 24.5 Å². The quantitative estimate of drug-likeness (QED) is 0.700. The summed E-state index contributed by atoms with van der Waals surface area (Å²) in [4.78, 5) is 2.19. The van der Waals surface area contributed by atoms with Crippen LogP contribution in [0.2, 0.25) is 5.02 Å². The van der Waals surface area contributed by atoms with Gasteiger partial charge in [-0.1, -0.05) is 23.7 Å². The summed E-state index contributed by atoms with van der Waals surface area (Å²) in [6.45, 7) is 1.20. The third kappa shape index (κ3) is 5.15. The molecule has 5 nitrogen and oxygen atoms in total. The molecule has 2 aromatic carbocycles. The number of benzene rings is 2. The van der Waals surface area contributed by atoms with Gasteiger partial charge in [0.15, 0.2) is 9.84 Å². The van der Waals surface area contributed by atoms with Gasteiger partial charge in [0.05, 0.1) is 25.7 Å². The fourth-order valence-electron chi connectivity index (χ4n) is 3.43. The van der Waals surface area contributed by atoms with Gasteiger partial charge in [-0.2, -0.15) is 0 Å². The second-order valence-electron chi connectivity index (χ2n) is 6.77. The van der Waals surface area contributed by atoms with E-state index in [2.05, 4.69) is 4.90 Å². The molecule has 0 aromatic heterocycles. The van der Waals surface area contributed by atoms with E-state index < -0.39 is 9.84 Å². The molecule has 0 radical (unpaired) electrons. The molecule has 7 heteroatoms. The van der Waals surface area contributed by atoms with Crippen LogP contribution in [0.1, 0.15) is 17.5 Å². The maximum atomic E-state index is 12.0. The fourth-order valence-corrected chi connectivity index (χ4v) is 5.39. The third-order valence-corrected chi connectivity index (χ3v) is 6.87. The van der Waals surface area contributed by atoms with Crippen molar-refractivity contribution in [2.45, 2.75) is 25.6 Å². The van der Waals surface area contributed by atoms with Crippen molar-refractivity contribution in [1.29, 1.82) is 0 Å². The van der Waals surface area contributed by atoms with E-state index in [1.165, 1.54) is 0 Å². The van der Waals surface area contributed by atoms with Gasteiger partial charge >= 0.3 is 0 Å². The van der Waals surface area contributed by atoms with Gasteiger partial charge in [-0.05, 0) is 42.3 Å². The smallest absolute Gasteiger partial charge is 0.151 e. The van der Waals surface area contributed by atoms with Crippen LogP contribution < -0.4 is 9.47 Å². The van der Waals surface area contributed by atoms with Gasteiger partial charge in [-0.3, -0.25) is 4.90 Å². The van der Waals surface area contributed by atoms with Crippen molar-refractivity contribution >= 4 is 21.4 Å². The number of hydrogen-bond donors (Lipinski definition) is 0. The Labute approximate surface area is 165 Å². The van der Waals surface area contributed by atoms with E-state index in [0.717, 1.165) is 22.6 Å². The molecular weight excluding hydrogens is 386 g/mol. The lowest BCUT2D eigenvalue weighted by Crippen LogP contribution is -2.35. The van der Waals surface area contributed by atoms with Crippen LogP contribution in [0, 0.1) is 0 Å². The molecule has 0 N–H and O–H groups in total. The molecule has 0 saturated carbocycles. The van der Waals surface area contributed by atoms with Gasteiger partial charge in [-0.15, -0.1) is 0 Å². The Kier molecular flexibility index (Phi) is 6.29. The van der Waals surface area contributed by atoms with Gasteiger partial charge in [0, 0.05) is 29.7 Å². The minimum Gasteiger partial charge on any atom is -0.497 e. The Morgan fingerprint density at radius 3 is 2.41 bits per heavy atom. The molecule has 1 aliphatic rings. The maximum Gasteiger partial charge on any atom is 0.151 e. The van der Waals surface area contributed by atoms with Crippen LogP contribution >= 0.6 is 11.6 Å². The van der Waals surface area contributed by atoms with E-state index >= 15 is 0 Å². The zero-order valence-corrected chi connectivity index (χ0v) is 17.1. The number of sulfone groups is 1. The van der Waals surface area contributed by atoms with E-state index in [4.69, 9.17) is 21.1 Å². The van der Waals surface area contributed by atoms with Crippen molar-refractivity contribution in [3.63, 3.8) is 0 Å². The molecule has 1 fully saturated rings. The number of halogens is 1. The molecule has 1 heterocycles. The van der Waals surface area contributed by atoms with Crippen LogP contribution in [0.15, 0.2) is 42.5 Å². The summed E-state index contributed by atoms with van der Waals surface area (Å²) in [5.41, 5.74) is 2.05. The first kappa shape index (κ1) is 20.0. The monoisotopic (exact) mass is 409 g/mol. The van der Waals surface area contributed by atoms with Crippen LogP contribution in [-0.2, 0) is 22.9 Å². The van der Waals surface area contributed by atoms with Crippen LogP contribution in [-0.4, -0.2) is 45.1 Å². The zero-order valence-electron chi connectivity index (χ0n) is 15.5. The first-order chi connectivity index (χ1) is 12.9. The molecule has 2 aromatic rings. The van der Waals surface area contributed by atoms with E-state index in [-0.39, 0.29) is 17.5 Å². The van der Waals surface area contributed by atoms with Gasteiger partial charge in [-0.25, -0.2) is 8.42 Å². The summed E-state index contributed by atoms with van der Waals surface area (Å²) in [5, 5.41) is 0.634. The summed E-state index contributed by atoms with van der Waals surface area (Å²) in [5.74, 6) is 1.97. The summed E-state index contributed by atoms with van der Waals surface area (Å²) in [6, 6.07) is 13.3. The Balaban J connectivity index is 1.86. The second-order valence-corrected chi connectivity index (χ2v) is 9.43. The second kappa shape index (κ2) is 8.50. The Hall–Kier alpha value is -1.76. The van der Waals surface area contributed by atoms with Crippen molar-refractivity contribution in [3.05, 3.63) is 58.6 Å². The zero-order chi connectivity index (χ0) is 19.4. The molecule has 0 aliphatic carbocycles. The summed E-state index contributed by atoms with van der Waals surface area (Å²) < 4.78 is 34.7. The minimum absolute atomic E-state index is 0.0270. The lowest BCUT2D eigenvalue weighted by Gasteiger charge is -2.29. The van der Waals surface area contributed by atoms with Crippen molar-refractivity contribution in [2.75, 3.05) is 25.7 Å². The van der Waals surface area contributed by atoms with Crippen molar-refractivity contribution in [2.24, 2.45) is 0 Å². The van der Waals surface area contributed by atoms with Crippen molar-refractivity contribution in [1.82, 2.24) is 4.90 Å². The molecule has 27 heavy (non-hydrogen) atoms. The van der Waals surface area contributed by atoms with Crippen molar-refractivity contribution < 1.29 is 17.9 Å². The Morgan fingerprint density at radius 1 is 1.07 bits per heavy atom. The SMILES string of the molecule is COc1ccc(CN(Cc2cc(Cl)ccc2OC)C2CCS(=O)(=O)C2)cc1. The average Bonchev–Trinajstić information content (AvgIpc) is 3.02. The van der Waals surface area contributed by atoms with Gasteiger partial charge < -0.3 is 9.47 Å². The highest BCUT2D eigenvalue weighted by Crippen LogP contribution is 2.28. The topological polar surface area (TPSA) is 55.8 Å². The number of nitrogens with zero attached hydrogens (tertiary/aromatic N) is 1. The highest BCUT2D eigenvalue weighted by molar-refractivity contribution is 7.91. The number of ether oxygens (including phenoxy) is 2. The van der Waals surface area contributed by atoms with E-state index in [1.54, 1.807) is 20.3 Å². The Bertz CT molecular complexity index is 883. The molecule has 1 atom stereocenters. The molecule has 0 bridgehead atoms. The normalized spacial score (nSPS) is 18.6. The standard InChI is InChI=1S/C20H24ClNO4S/c1-25-19-6-3-15(4-7-19)12-22(18-9-10-27(23,24)14-18)13-16-11-17(21)5-8-20(16)26-2/h3-8,11,18H,9-10,12-14H2,1-2H3. The number of methoxy groups -OCH3 is 2. The van der Waals surface area contributed by atoms with E-state index in [1.807, 2.05) is 36.4 Å². The molecule has 0 spiro atoms. The Morgan fingerprint density at radius 2 is 1.81 bits per heavy atom. The summed E-state index contributed by atoms with van der Waals surface area (Å²) in [7, 11) is 0.282. The largest absolute Gasteiger partial charge is 0.497 e. The lowest BCUT2D eigenvalue weighted by molar-refractivity contribution is 0.192. The predicted octanol–water partition coefficient (Wildman–Crippen LogP) is 3.55. The van der Waals surface area contributed by atoms with Gasteiger partial charge in [0.1, 0.15) is 11.5 Å². The van der Waals surface area contributed by atoms with Crippen LogP contribution in [0.25, 0.3) is 0 Å². The molecular formula is C20H24ClNO4S. The van der Waals surface area contributed by atoms with Crippen LogP contribution in [0.4, 0.5) is 0 Å². The van der Waals surface area contributed by atoms with Crippen LogP contribution in [0.5, 0.6) is 11.5 Å². The van der Waals surface area contributed by atoms with Crippen molar-refractivity contribution in [3.8, 4) is 11.5 Å². The van der Waals surface area contributed by atoms with Gasteiger partial charge in [0.25, 0.3) is 0 Å².